The van der Waals surface area contributed by atoms with Gasteiger partial charge in [-0.15, -0.1) is 0 Å². The van der Waals surface area contributed by atoms with Crippen LogP contribution in [0, 0.1) is 11.2 Å². The van der Waals surface area contributed by atoms with E-state index in [0.29, 0.717) is 32.8 Å². The second-order valence-corrected chi connectivity index (χ2v) is 11.8. The molecule has 2 N–H and O–H groups in total. The van der Waals surface area contributed by atoms with E-state index in [1.165, 1.54) is 12.1 Å². The molecule has 226 valence electrons. The number of halogens is 6. The summed E-state index contributed by atoms with van der Waals surface area (Å²) in [4.78, 5) is 21.4. The molecule has 7 nitrogen and oxygen atoms in total. The number of anilines is 4. The minimum absolute atomic E-state index is 0.0710. The van der Waals surface area contributed by atoms with Crippen LogP contribution in [0.1, 0.15) is 18.4 Å². The van der Waals surface area contributed by atoms with E-state index in [4.69, 9.17) is 23.2 Å². The minimum Gasteiger partial charge on any atom is -0.368 e. The van der Waals surface area contributed by atoms with Crippen LogP contribution in [0.2, 0.25) is 10.0 Å². The topological polar surface area (TPSA) is 65.4 Å². The summed E-state index contributed by atoms with van der Waals surface area (Å²) in [6.07, 6.45) is -4.95. The quantitative estimate of drug-likeness (QED) is 0.213. The highest BCUT2D eigenvalue weighted by atomic mass is 35.5. The van der Waals surface area contributed by atoms with Gasteiger partial charge in [0.15, 0.2) is 0 Å². The second-order valence-electron chi connectivity index (χ2n) is 10.9. The smallest absolute Gasteiger partial charge is 0.368 e. The van der Waals surface area contributed by atoms with Crippen molar-refractivity contribution >= 4 is 63.2 Å². The Morgan fingerprint density at radius 3 is 2.28 bits per heavy atom. The van der Waals surface area contributed by atoms with Gasteiger partial charge in [-0.25, -0.2) is 9.37 Å². The molecule has 1 amide bonds. The molecule has 0 atom stereocenters. The van der Waals surface area contributed by atoms with Crippen molar-refractivity contribution in [1.82, 2.24) is 14.9 Å². The number of imidazole rings is 1. The summed E-state index contributed by atoms with van der Waals surface area (Å²) in [7, 11) is 1.85. The first-order chi connectivity index (χ1) is 20.4. The van der Waals surface area contributed by atoms with Crippen molar-refractivity contribution in [3.63, 3.8) is 0 Å². The number of carbonyl (C=O) groups is 1. The third kappa shape index (κ3) is 5.68. The van der Waals surface area contributed by atoms with Crippen LogP contribution in [-0.4, -0.2) is 47.8 Å². The fraction of sp³-hybridized carbons (Fsp3) is 0.333. The largest absolute Gasteiger partial charge is 0.403 e. The Morgan fingerprint density at radius 2 is 1.63 bits per heavy atom. The molecule has 0 unspecified atom stereocenters. The van der Waals surface area contributed by atoms with Crippen molar-refractivity contribution < 1.29 is 22.4 Å². The number of aromatic nitrogens is 2. The highest BCUT2D eigenvalue weighted by molar-refractivity contribution is 6.34. The molecule has 0 radical (unpaired) electrons. The minimum atomic E-state index is -4.56. The number of aryl methyl sites for hydroxylation is 1. The summed E-state index contributed by atoms with van der Waals surface area (Å²) in [5.41, 5.74) is 2.17. The van der Waals surface area contributed by atoms with Gasteiger partial charge in [-0.1, -0.05) is 29.3 Å². The Morgan fingerprint density at radius 1 is 0.953 bits per heavy atom. The van der Waals surface area contributed by atoms with Gasteiger partial charge in [-0.2, -0.15) is 13.2 Å². The number of benzene rings is 3. The second kappa shape index (κ2) is 11.1. The number of alkyl halides is 3. The van der Waals surface area contributed by atoms with Gasteiger partial charge >= 0.3 is 6.18 Å². The molecular weight excluding hydrogens is 607 g/mol. The van der Waals surface area contributed by atoms with Crippen LogP contribution in [-0.2, 0) is 18.4 Å². The lowest BCUT2D eigenvalue weighted by Crippen LogP contribution is -2.46. The molecule has 6 rings (SSSR count). The lowest BCUT2D eigenvalue weighted by molar-refractivity contribution is -0.192. The molecule has 0 spiro atoms. The number of nitrogens with one attached hydrogen (secondary N) is 2. The lowest BCUT2D eigenvalue weighted by Gasteiger charge is -2.37. The first-order valence-corrected chi connectivity index (χ1v) is 14.5. The molecule has 2 fully saturated rings. The van der Waals surface area contributed by atoms with Crippen molar-refractivity contribution in [3.8, 4) is 0 Å². The standard InChI is InChI=1S/C30H28Cl2F4N6O/c1-40-26-16-25(42-12-10-41(11-13-42)20-5-3-19(33)4-6-20)22(32)15-24(26)39-28(40)38-23-14-18(2-7-21(23)31)17-37-27(43)29(8-9-29)30(34,35)36/h2-7,14-16H,8-13,17H2,1H3,(H,37,43)(H,38,39). The van der Waals surface area contributed by atoms with E-state index in [9.17, 15) is 22.4 Å². The van der Waals surface area contributed by atoms with Crippen LogP contribution in [0.15, 0.2) is 54.6 Å². The Kier molecular flexibility index (Phi) is 7.58. The summed E-state index contributed by atoms with van der Waals surface area (Å²) >= 11 is 13.1. The van der Waals surface area contributed by atoms with E-state index in [1.54, 1.807) is 30.3 Å². The van der Waals surface area contributed by atoms with E-state index in [1.807, 2.05) is 23.7 Å². The Hall–Kier alpha value is -3.70. The number of amides is 1. The number of hydrogen-bond donors (Lipinski definition) is 2. The summed E-state index contributed by atoms with van der Waals surface area (Å²) in [6, 6.07) is 15.2. The first-order valence-electron chi connectivity index (χ1n) is 13.8. The summed E-state index contributed by atoms with van der Waals surface area (Å²) < 4.78 is 55.0. The molecule has 1 aromatic heterocycles. The van der Waals surface area contributed by atoms with Crippen LogP contribution in [0.5, 0.6) is 0 Å². The van der Waals surface area contributed by atoms with Crippen molar-refractivity contribution in [2.45, 2.75) is 25.6 Å². The molecule has 1 aliphatic heterocycles. The molecule has 1 aliphatic carbocycles. The molecule has 3 aromatic carbocycles. The number of piperazine rings is 1. The highest BCUT2D eigenvalue weighted by Crippen LogP contribution is 2.57. The third-order valence-electron chi connectivity index (χ3n) is 8.22. The van der Waals surface area contributed by atoms with Crippen LogP contribution in [0.4, 0.5) is 40.6 Å². The Labute approximate surface area is 255 Å². The zero-order valence-corrected chi connectivity index (χ0v) is 24.6. The van der Waals surface area contributed by atoms with Gasteiger partial charge in [0.25, 0.3) is 0 Å². The highest BCUT2D eigenvalue weighted by Gasteiger charge is 2.68. The van der Waals surface area contributed by atoms with E-state index in [0.717, 1.165) is 43.1 Å². The van der Waals surface area contributed by atoms with Gasteiger partial charge in [0.2, 0.25) is 11.9 Å². The maximum absolute atomic E-state index is 13.3. The third-order valence-corrected chi connectivity index (χ3v) is 8.85. The molecule has 0 bridgehead atoms. The summed E-state index contributed by atoms with van der Waals surface area (Å²) in [5, 5.41) is 6.58. The zero-order valence-electron chi connectivity index (χ0n) is 23.1. The van der Waals surface area contributed by atoms with Gasteiger partial charge in [0, 0.05) is 45.5 Å². The van der Waals surface area contributed by atoms with Crippen LogP contribution < -0.4 is 20.4 Å². The monoisotopic (exact) mass is 634 g/mol. The van der Waals surface area contributed by atoms with Gasteiger partial charge in [-0.3, -0.25) is 4.79 Å². The number of rotatable bonds is 7. The van der Waals surface area contributed by atoms with Crippen LogP contribution in [0.25, 0.3) is 11.0 Å². The molecule has 1 saturated heterocycles. The molecule has 13 heteroatoms. The van der Waals surface area contributed by atoms with E-state index in [2.05, 4.69) is 25.4 Å². The lowest BCUT2D eigenvalue weighted by atomic mass is 10.1. The first kappa shape index (κ1) is 29.4. The average molecular weight is 635 g/mol. The molecule has 4 aromatic rings. The zero-order chi connectivity index (χ0) is 30.5. The number of nitrogens with zero attached hydrogens (tertiary/aromatic N) is 4. The van der Waals surface area contributed by atoms with Crippen molar-refractivity contribution in [1.29, 1.82) is 0 Å². The molecule has 1 saturated carbocycles. The van der Waals surface area contributed by atoms with E-state index >= 15 is 0 Å². The predicted octanol–water partition coefficient (Wildman–Crippen LogP) is 7.05. The van der Waals surface area contributed by atoms with Gasteiger partial charge in [-0.05, 0) is 66.9 Å². The van der Waals surface area contributed by atoms with Crippen LogP contribution >= 0.6 is 23.2 Å². The number of fused-ring (bicyclic) bond motifs is 1. The average Bonchev–Trinajstić information content (AvgIpc) is 3.75. The maximum atomic E-state index is 13.3. The Balaban J connectivity index is 1.16. The maximum Gasteiger partial charge on any atom is 0.403 e. The fourth-order valence-electron chi connectivity index (χ4n) is 5.43. The van der Waals surface area contributed by atoms with Crippen molar-refractivity contribution in [3.05, 3.63) is 76.0 Å². The fourth-order valence-corrected chi connectivity index (χ4v) is 5.87. The number of hydrogen-bond acceptors (Lipinski definition) is 5. The normalized spacial score (nSPS) is 16.4. The summed E-state index contributed by atoms with van der Waals surface area (Å²) in [6.45, 7) is 2.90. The van der Waals surface area contributed by atoms with Gasteiger partial charge < -0.3 is 25.0 Å². The van der Waals surface area contributed by atoms with E-state index in [-0.39, 0.29) is 25.2 Å². The number of carbonyl (C=O) groups excluding carboxylic acids is 1. The van der Waals surface area contributed by atoms with Crippen molar-refractivity contribution in [2.75, 3.05) is 41.3 Å². The Bertz CT molecular complexity index is 1680. The molecule has 2 heterocycles. The van der Waals surface area contributed by atoms with Gasteiger partial charge in [0.1, 0.15) is 11.2 Å². The van der Waals surface area contributed by atoms with Crippen LogP contribution in [0.3, 0.4) is 0 Å². The van der Waals surface area contributed by atoms with Gasteiger partial charge in [0.05, 0.1) is 32.5 Å². The van der Waals surface area contributed by atoms with Crippen molar-refractivity contribution in [2.24, 2.45) is 12.5 Å². The van der Waals surface area contributed by atoms with E-state index < -0.39 is 17.5 Å². The molecular formula is C30H28Cl2F4N6O. The predicted molar refractivity (Wildman–Crippen MR) is 161 cm³/mol. The summed E-state index contributed by atoms with van der Waals surface area (Å²) in [5.74, 6) is -0.784. The molecule has 43 heavy (non-hydrogen) atoms. The SMILES string of the molecule is Cn1c(Nc2cc(CNC(=O)C3(C(F)(F)F)CC3)ccc2Cl)nc2cc(Cl)c(N3CCN(c4ccc(F)cc4)CC3)cc21. The molecule has 2 aliphatic rings.